The zero-order valence-electron chi connectivity index (χ0n) is 16.7. The fourth-order valence-electron chi connectivity index (χ4n) is 3.23. The second kappa shape index (κ2) is 14.4. The number of unbranched alkanes of at least 4 members (excludes halogenated alkanes) is 1. The van der Waals surface area contributed by atoms with Crippen molar-refractivity contribution in [3.63, 3.8) is 0 Å². The van der Waals surface area contributed by atoms with Crippen molar-refractivity contribution in [2.75, 3.05) is 59.4 Å². The van der Waals surface area contributed by atoms with E-state index < -0.39 is 0 Å². The van der Waals surface area contributed by atoms with E-state index in [9.17, 15) is 0 Å². The molecule has 0 radical (unpaired) electrons. The van der Waals surface area contributed by atoms with Gasteiger partial charge in [0.25, 0.3) is 0 Å². The monoisotopic (exact) mass is 507 g/mol. The van der Waals surface area contributed by atoms with Gasteiger partial charge in [-0.3, -0.25) is 4.99 Å². The van der Waals surface area contributed by atoms with Gasteiger partial charge in [-0.15, -0.1) is 24.0 Å². The lowest BCUT2D eigenvalue weighted by atomic mass is 10.1. The first kappa shape index (κ1) is 24.5. The van der Waals surface area contributed by atoms with Crippen molar-refractivity contribution in [2.24, 2.45) is 4.99 Å². The molecule has 1 aromatic carbocycles. The molecule has 2 N–H and O–H groups in total. The van der Waals surface area contributed by atoms with Gasteiger partial charge >= 0.3 is 0 Å². The fraction of sp³-hybridized carbons (Fsp3) is 0.650. The number of piperazine rings is 1. The second-order valence-electron chi connectivity index (χ2n) is 6.75. The Morgan fingerprint density at radius 2 is 1.70 bits per heavy atom. The van der Waals surface area contributed by atoms with E-state index in [1.165, 1.54) is 57.7 Å². The van der Waals surface area contributed by atoms with E-state index in [1.807, 2.05) is 25.2 Å². The topological polar surface area (TPSA) is 42.9 Å². The van der Waals surface area contributed by atoms with Crippen LogP contribution < -0.4 is 10.6 Å². The normalized spacial score (nSPS) is 16.0. The lowest BCUT2D eigenvalue weighted by Gasteiger charge is -2.34. The lowest BCUT2D eigenvalue weighted by Crippen LogP contribution is -2.46. The number of hydrogen-bond donors (Lipinski definition) is 2. The van der Waals surface area contributed by atoms with Crippen molar-refractivity contribution in [1.29, 1.82) is 0 Å². The maximum absolute atomic E-state index is 6.19. The molecule has 0 unspecified atom stereocenters. The predicted octanol–water partition coefficient (Wildman–Crippen LogP) is 3.08. The maximum Gasteiger partial charge on any atom is 0.190 e. The summed E-state index contributed by atoms with van der Waals surface area (Å²) in [6, 6.07) is 7.99. The number of halogens is 2. The zero-order valence-corrected chi connectivity index (χ0v) is 19.8. The van der Waals surface area contributed by atoms with Crippen LogP contribution in [0.3, 0.4) is 0 Å². The first-order valence-electron chi connectivity index (χ1n) is 9.85. The van der Waals surface area contributed by atoms with Gasteiger partial charge < -0.3 is 20.4 Å². The van der Waals surface area contributed by atoms with Crippen molar-refractivity contribution in [3.05, 3.63) is 34.9 Å². The van der Waals surface area contributed by atoms with E-state index in [-0.39, 0.29) is 24.0 Å². The van der Waals surface area contributed by atoms with Gasteiger partial charge in [0, 0.05) is 51.3 Å². The molecule has 1 aromatic rings. The van der Waals surface area contributed by atoms with Gasteiger partial charge in [0.2, 0.25) is 0 Å². The molecule has 5 nitrogen and oxygen atoms in total. The molecule has 0 atom stereocenters. The van der Waals surface area contributed by atoms with Crippen LogP contribution in [0.25, 0.3) is 0 Å². The average molecular weight is 508 g/mol. The number of rotatable bonds is 9. The molecular formula is C20H35ClIN5. The van der Waals surface area contributed by atoms with Crippen LogP contribution in [0.1, 0.15) is 25.3 Å². The van der Waals surface area contributed by atoms with Crippen LogP contribution >= 0.6 is 35.6 Å². The van der Waals surface area contributed by atoms with Crippen molar-refractivity contribution in [1.82, 2.24) is 20.4 Å². The van der Waals surface area contributed by atoms with Crippen molar-refractivity contribution >= 4 is 41.5 Å². The molecule has 0 spiro atoms. The zero-order chi connectivity index (χ0) is 18.6. The van der Waals surface area contributed by atoms with E-state index in [1.54, 1.807) is 0 Å². The van der Waals surface area contributed by atoms with Crippen molar-refractivity contribution in [2.45, 2.75) is 26.2 Å². The minimum absolute atomic E-state index is 0. The summed E-state index contributed by atoms with van der Waals surface area (Å²) in [5, 5.41) is 7.59. The summed E-state index contributed by atoms with van der Waals surface area (Å²) in [7, 11) is 1.82. The molecule has 0 aromatic heterocycles. The molecule has 1 saturated heterocycles. The minimum Gasteiger partial charge on any atom is -0.356 e. The van der Waals surface area contributed by atoms with Crippen LogP contribution in [-0.2, 0) is 6.42 Å². The standard InChI is InChI=1S/C20H34ClN5.HI/c1-3-25-14-16-26(17-15-25)13-7-6-11-23-20(22-2)24-12-10-18-8-4-5-9-19(18)21;/h4-5,8-9H,3,6-7,10-17H2,1-2H3,(H2,22,23,24);1H. The van der Waals surface area contributed by atoms with Crippen molar-refractivity contribution < 1.29 is 0 Å². The highest BCUT2D eigenvalue weighted by Crippen LogP contribution is 2.14. The highest BCUT2D eigenvalue weighted by Gasteiger charge is 2.14. The number of aliphatic imine (C=N–C) groups is 1. The minimum atomic E-state index is 0. The number of hydrogen-bond acceptors (Lipinski definition) is 3. The van der Waals surface area contributed by atoms with Gasteiger partial charge in [-0.2, -0.15) is 0 Å². The number of benzene rings is 1. The van der Waals surface area contributed by atoms with Gasteiger partial charge in [-0.05, 0) is 44.0 Å². The average Bonchev–Trinajstić information content (AvgIpc) is 2.68. The highest BCUT2D eigenvalue weighted by molar-refractivity contribution is 14.0. The SMILES string of the molecule is CCN1CCN(CCCCNC(=NC)NCCc2ccccc2Cl)CC1.I. The van der Waals surface area contributed by atoms with E-state index in [0.717, 1.165) is 30.5 Å². The van der Waals surface area contributed by atoms with E-state index in [4.69, 9.17) is 11.6 Å². The Morgan fingerprint density at radius 3 is 2.37 bits per heavy atom. The van der Waals surface area contributed by atoms with Gasteiger partial charge in [0.15, 0.2) is 5.96 Å². The van der Waals surface area contributed by atoms with Gasteiger partial charge in [0.05, 0.1) is 0 Å². The molecule has 2 rings (SSSR count). The molecule has 1 fully saturated rings. The largest absolute Gasteiger partial charge is 0.356 e. The number of nitrogens with one attached hydrogen (secondary N) is 2. The number of nitrogens with zero attached hydrogens (tertiary/aromatic N) is 3. The highest BCUT2D eigenvalue weighted by atomic mass is 127. The molecular weight excluding hydrogens is 473 g/mol. The Hall–Kier alpha value is -0.570. The third-order valence-electron chi connectivity index (χ3n) is 4.97. The smallest absolute Gasteiger partial charge is 0.190 e. The summed E-state index contributed by atoms with van der Waals surface area (Å²) in [5.41, 5.74) is 1.17. The first-order valence-corrected chi connectivity index (χ1v) is 10.2. The summed E-state index contributed by atoms with van der Waals surface area (Å²) in [4.78, 5) is 9.40. The summed E-state index contributed by atoms with van der Waals surface area (Å²) in [6.07, 6.45) is 3.29. The molecule has 1 heterocycles. The molecule has 1 aliphatic heterocycles. The maximum atomic E-state index is 6.19. The molecule has 7 heteroatoms. The Labute approximate surface area is 186 Å². The fourth-order valence-corrected chi connectivity index (χ4v) is 3.46. The van der Waals surface area contributed by atoms with E-state index in [2.05, 4.69) is 38.4 Å². The van der Waals surface area contributed by atoms with Gasteiger partial charge in [-0.25, -0.2) is 0 Å². The van der Waals surface area contributed by atoms with Crippen LogP contribution in [0.5, 0.6) is 0 Å². The van der Waals surface area contributed by atoms with Crippen LogP contribution in [0.15, 0.2) is 29.3 Å². The van der Waals surface area contributed by atoms with Gasteiger partial charge in [-0.1, -0.05) is 36.7 Å². The quantitative estimate of drug-likeness (QED) is 0.233. The third-order valence-corrected chi connectivity index (χ3v) is 5.34. The summed E-state index contributed by atoms with van der Waals surface area (Å²) >= 11 is 6.19. The van der Waals surface area contributed by atoms with Crippen molar-refractivity contribution in [3.8, 4) is 0 Å². The summed E-state index contributed by atoms with van der Waals surface area (Å²) < 4.78 is 0. The summed E-state index contributed by atoms with van der Waals surface area (Å²) in [5.74, 6) is 0.869. The Morgan fingerprint density at radius 1 is 1.04 bits per heavy atom. The Kier molecular flexibility index (Phi) is 13.1. The molecule has 0 aliphatic carbocycles. The van der Waals surface area contributed by atoms with Crippen LogP contribution in [0, 0.1) is 0 Å². The molecule has 0 saturated carbocycles. The van der Waals surface area contributed by atoms with Crippen LogP contribution in [0.2, 0.25) is 5.02 Å². The number of likely N-dealkylation sites (N-methyl/N-ethyl adjacent to an activating group) is 1. The first-order chi connectivity index (χ1) is 12.7. The lowest BCUT2D eigenvalue weighted by molar-refractivity contribution is 0.136. The Bertz CT molecular complexity index is 547. The van der Waals surface area contributed by atoms with Crippen LogP contribution in [0.4, 0.5) is 0 Å². The second-order valence-corrected chi connectivity index (χ2v) is 7.16. The molecule has 27 heavy (non-hydrogen) atoms. The predicted molar refractivity (Wildman–Crippen MR) is 128 cm³/mol. The van der Waals surface area contributed by atoms with Gasteiger partial charge in [0.1, 0.15) is 0 Å². The Balaban J connectivity index is 0.00000364. The number of guanidine groups is 1. The molecule has 0 bridgehead atoms. The van der Waals surface area contributed by atoms with E-state index in [0.29, 0.717) is 0 Å². The van der Waals surface area contributed by atoms with Crippen LogP contribution in [-0.4, -0.2) is 75.2 Å². The molecule has 1 aliphatic rings. The molecule has 154 valence electrons. The summed E-state index contributed by atoms with van der Waals surface area (Å²) in [6.45, 7) is 11.3. The van der Waals surface area contributed by atoms with E-state index >= 15 is 0 Å². The third kappa shape index (κ3) is 9.45. The molecule has 0 amide bonds.